The lowest BCUT2D eigenvalue weighted by Crippen LogP contribution is -2.06. The molecule has 0 aliphatic heterocycles. The fraction of sp³-hybridized carbons (Fsp3) is 0. The summed E-state index contributed by atoms with van der Waals surface area (Å²) in [5.74, 6) is 0.418. The minimum Gasteiger partial charge on any atom is -0.384 e. The number of anilines is 2. The first-order valence-electron chi connectivity index (χ1n) is 2.89. The molecular weight excluding hydrogens is 162 g/mol. The van der Waals surface area contributed by atoms with Crippen LogP contribution in [0, 0.1) is 0 Å². The molecule has 11 heavy (non-hydrogen) atoms. The second kappa shape index (κ2) is 3.25. The van der Waals surface area contributed by atoms with E-state index in [2.05, 4.69) is 17.8 Å². The Kier molecular flexibility index (Phi) is 2.32. The number of rotatable bonds is 2. The molecule has 58 valence electrons. The zero-order valence-electron chi connectivity index (χ0n) is 5.64. The number of carbonyl (C=O) groups is 1. The van der Waals surface area contributed by atoms with Crippen molar-refractivity contribution in [3.05, 3.63) is 18.3 Å². The van der Waals surface area contributed by atoms with Crippen LogP contribution in [0.15, 0.2) is 18.3 Å². The van der Waals surface area contributed by atoms with Crippen molar-refractivity contribution in [2.75, 3.05) is 10.0 Å². The summed E-state index contributed by atoms with van der Waals surface area (Å²) in [7, 11) is 0. The predicted octanol–water partition coefficient (Wildman–Crippen LogP) is 0.471. The topological polar surface area (TPSA) is 59.2 Å². The van der Waals surface area contributed by atoms with E-state index in [4.69, 9.17) is 5.73 Å². The highest BCUT2D eigenvalue weighted by atomic mass is 32.1. The van der Waals surface area contributed by atoms with E-state index >= 15 is 0 Å². The molecule has 0 aliphatic rings. The lowest BCUT2D eigenvalue weighted by molar-refractivity contribution is -0.106. The summed E-state index contributed by atoms with van der Waals surface area (Å²) in [6, 6.07) is 3.26. The zero-order chi connectivity index (χ0) is 8.27. The van der Waals surface area contributed by atoms with Crippen molar-refractivity contribution >= 4 is 30.7 Å². The molecular formula is C6H7N3OS. The van der Waals surface area contributed by atoms with Crippen LogP contribution in [0.2, 0.25) is 0 Å². The number of carbonyl (C=O) groups excluding carboxylic acids is 1. The first-order valence-corrected chi connectivity index (χ1v) is 3.29. The number of amides is 1. The van der Waals surface area contributed by atoms with E-state index in [-0.39, 0.29) is 0 Å². The number of nitrogens with zero attached hydrogens (tertiary/aromatic N) is 2. The second-order valence-corrected chi connectivity index (χ2v) is 2.32. The fourth-order valence-electron chi connectivity index (χ4n) is 0.594. The molecule has 1 aromatic heterocycles. The van der Waals surface area contributed by atoms with Gasteiger partial charge in [-0.1, -0.05) is 12.8 Å². The van der Waals surface area contributed by atoms with Crippen molar-refractivity contribution in [1.82, 2.24) is 4.98 Å². The Labute approximate surface area is 69.6 Å². The standard InChI is InChI=1S/C6H7N3OS/c7-6-2-1-5(3-8-6)9(11)4-10/h1-4,11H,(H2,7,8). The monoisotopic (exact) mass is 169 g/mol. The predicted molar refractivity (Wildman–Crippen MR) is 46.2 cm³/mol. The van der Waals surface area contributed by atoms with Crippen molar-refractivity contribution in [3.63, 3.8) is 0 Å². The average Bonchev–Trinajstić information content (AvgIpc) is 2.05. The molecule has 2 N–H and O–H groups in total. The number of nitrogens with two attached hydrogens (primary N) is 1. The molecule has 4 nitrogen and oxygen atoms in total. The molecule has 1 heterocycles. The highest BCUT2D eigenvalue weighted by Gasteiger charge is 1.97. The molecule has 0 radical (unpaired) electrons. The SMILES string of the molecule is Nc1ccc(N(S)C=O)cn1. The molecule has 0 fully saturated rings. The Morgan fingerprint density at radius 1 is 1.64 bits per heavy atom. The summed E-state index contributed by atoms with van der Waals surface area (Å²) in [6.45, 7) is 0. The molecule has 0 saturated carbocycles. The molecule has 0 aromatic carbocycles. The van der Waals surface area contributed by atoms with E-state index in [9.17, 15) is 4.79 Å². The molecule has 0 spiro atoms. The number of thiol groups is 1. The van der Waals surface area contributed by atoms with Gasteiger partial charge in [-0.3, -0.25) is 9.10 Å². The van der Waals surface area contributed by atoms with Crippen LogP contribution in [0.4, 0.5) is 11.5 Å². The van der Waals surface area contributed by atoms with Gasteiger partial charge >= 0.3 is 0 Å². The maximum atomic E-state index is 10.2. The third-order valence-corrected chi connectivity index (χ3v) is 1.46. The Morgan fingerprint density at radius 3 is 2.82 bits per heavy atom. The van der Waals surface area contributed by atoms with Gasteiger partial charge in [0.15, 0.2) is 0 Å². The van der Waals surface area contributed by atoms with Gasteiger partial charge < -0.3 is 5.73 Å². The second-order valence-electron chi connectivity index (χ2n) is 1.89. The Balaban J connectivity index is 2.89. The van der Waals surface area contributed by atoms with Crippen LogP contribution >= 0.6 is 12.8 Å². The van der Waals surface area contributed by atoms with Gasteiger partial charge in [-0.05, 0) is 12.1 Å². The number of hydrogen-bond acceptors (Lipinski definition) is 4. The molecule has 5 heteroatoms. The lowest BCUT2D eigenvalue weighted by Gasteiger charge is -2.06. The summed E-state index contributed by atoms with van der Waals surface area (Å²) >= 11 is 3.84. The summed E-state index contributed by atoms with van der Waals surface area (Å²) < 4.78 is 1.12. The fourth-order valence-corrected chi connectivity index (χ4v) is 0.712. The molecule has 0 saturated heterocycles. The zero-order valence-corrected chi connectivity index (χ0v) is 6.53. The van der Waals surface area contributed by atoms with Gasteiger partial charge in [-0.15, -0.1) is 0 Å². The maximum absolute atomic E-state index is 10.2. The summed E-state index contributed by atoms with van der Waals surface area (Å²) in [6.07, 6.45) is 2.05. The third kappa shape index (κ3) is 1.84. The van der Waals surface area contributed by atoms with Gasteiger partial charge in [-0.2, -0.15) is 0 Å². The van der Waals surface area contributed by atoms with Crippen molar-refractivity contribution in [1.29, 1.82) is 0 Å². The average molecular weight is 169 g/mol. The summed E-state index contributed by atoms with van der Waals surface area (Å²) in [5, 5.41) is 0. The number of pyridine rings is 1. The van der Waals surface area contributed by atoms with Crippen LogP contribution < -0.4 is 10.0 Å². The van der Waals surface area contributed by atoms with E-state index in [1.165, 1.54) is 6.20 Å². The Bertz CT molecular complexity index is 249. The molecule has 1 rings (SSSR count). The molecule has 0 aliphatic carbocycles. The van der Waals surface area contributed by atoms with Crippen LogP contribution in [0.1, 0.15) is 0 Å². The molecule has 1 amide bonds. The number of aromatic nitrogens is 1. The van der Waals surface area contributed by atoms with E-state index in [1.54, 1.807) is 12.1 Å². The van der Waals surface area contributed by atoms with E-state index in [0.29, 0.717) is 17.9 Å². The smallest absolute Gasteiger partial charge is 0.224 e. The molecule has 0 atom stereocenters. The van der Waals surface area contributed by atoms with Gasteiger partial charge in [0.05, 0.1) is 11.9 Å². The molecule has 0 unspecified atom stereocenters. The van der Waals surface area contributed by atoms with Crippen molar-refractivity contribution in [2.24, 2.45) is 0 Å². The van der Waals surface area contributed by atoms with E-state index < -0.39 is 0 Å². The van der Waals surface area contributed by atoms with Crippen molar-refractivity contribution in [3.8, 4) is 0 Å². The van der Waals surface area contributed by atoms with Crippen LogP contribution in [0.5, 0.6) is 0 Å². The van der Waals surface area contributed by atoms with Crippen LogP contribution in [0.3, 0.4) is 0 Å². The van der Waals surface area contributed by atoms with Crippen molar-refractivity contribution in [2.45, 2.75) is 0 Å². The van der Waals surface area contributed by atoms with Crippen LogP contribution in [0.25, 0.3) is 0 Å². The quantitative estimate of drug-likeness (QED) is 0.500. The largest absolute Gasteiger partial charge is 0.384 e. The first-order chi connectivity index (χ1) is 5.24. The summed E-state index contributed by atoms with van der Waals surface area (Å²) in [5.41, 5.74) is 5.92. The van der Waals surface area contributed by atoms with Gasteiger partial charge in [0, 0.05) is 0 Å². The normalized spacial score (nSPS) is 9.18. The number of nitrogen functional groups attached to an aromatic ring is 1. The Hall–Kier alpha value is -1.23. The highest BCUT2D eigenvalue weighted by Crippen LogP contribution is 2.12. The first kappa shape index (κ1) is 7.87. The van der Waals surface area contributed by atoms with E-state index in [0.717, 1.165) is 4.31 Å². The van der Waals surface area contributed by atoms with Crippen LogP contribution in [-0.4, -0.2) is 11.4 Å². The maximum Gasteiger partial charge on any atom is 0.224 e. The van der Waals surface area contributed by atoms with Gasteiger partial charge in [0.2, 0.25) is 6.41 Å². The number of hydrogen-bond donors (Lipinski definition) is 2. The van der Waals surface area contributed by atoms with Crippen LogP contribution in [-0.2, 0) is 4.79 Å². The van der Waals surface area contributed by atoms with E-state index in [1.807, 2.05) is 0 Å². The van der Waals surface area contributed by atoms with Gasteiger partial charge in [-0.25, -0.2) is 4.98 Å². The summed E-state index contributed by atoms with van der Waals surface area (Å²) in [4.78, 5) is 14.0. The highest BCUT2D eigenvalue weighted by molar-refractivity contribution is 7.82. The van der Waals surface area contributed by atoms with Gasteiger partial charge in [0.1, 0.15) is 5.82 Å². The van der Waals surface area contributed by atoms with Gasteiger partial charge in [0.25, 0.3) is 0 Å². The lowest BCUT2D eigenvalue weighted by atomic mass is 10.4. The Morgan fingerprint density at radius 2 is 2.36 bits per heavy atom. The van der Waals surface area contributed by atoms with Crippen molar-refractivity contribution < 1.29 is 4.79 Å². The minimum atomic E-state index is 0.418. The molecule has 1 aromatic rings. The minimum absolute atomic E-state index is 0.418. The third-order valence-electron chi connectivity index (χ3n) is 1.14. The molecule has 0 bridgehead atoms.